The zero-order chi connectivity index (χ0) is 20.5. The Balaban J connectivity index is 1.83. The van der Waals surface area contributed by atoms with Crippen molar-refractivity contribution in [1.29, 1.82) is 0 Å². The molecule has 1 atom stereocenters. The van der Waals surface area contributed by atoms with Gasteiger partial charge in [-0.2, -0.15) is 0 Å². The highest BCUT2D eigenvalue weighted by atomic mass is 35.5. The SMILES string of the molecule is CCOc1ccc(N2C(=O)c3ccccc3N[C@H]2c2cc(O)c(O)c(Cl)c2)cc1. The third kappa shape index (κ3) is 3.43. The molecule has 0 aromatic heterocycles. The van der Waals surface area contributed by atoms with Crippen LogP contribution in [0.2, 0.25) is 5.02 Å². The Morgan fingerprint density at radius 1 is 1.10 bits per heavy atom. The Kier molecular flexibility index (Phi) is 4.94. The van der Waals surface area contributed by atoms with Crippen molar-refractivity contribution in [2.75, 3.05) is 16.8 Å². The number of phenols is 2. The van der Waals surface area contributed by atoms with Crippen LogP contribution in [0.5, 0.6) is 17.2 Å². The van der Waals surface area contributed by atoms with Crippen LogP contribution in [0.4, 0.5) is 11.4 Å². The number of halogens is 1. The maximum atomic E-state index is 13.4. The van der Waals surface area contributed by atoms with Gasteiger partial charge in [0.05, 0.1) is 17.2 Å². The van der Waals surface area contributed by atoms with Gasteiger partial charge in [0.15, 0.2) is 11.5 Å². The van der Waals surface area contributed by atoms with Gasteiger partial charge in [-0.1, -0.05) is 23.7 Å². The van der Waals surface area contributed by atoms with E-state index in [0.717, 1.165) is 0 Å². The van der Waals surface area contributed by atoms with Crippen LogP contribution >= 0.6 is 11.6 Å². The molecule has 0 fully saturated rings. The summed E-state index contributed by atoms with van der Waals surface area (Å²) in [5.74, 6) is -0.244. The fourth-order valence-electron chi connectivity index (χ4n) is 3.39. The minimum Gasteiger partial charge on any atom is -0.504 e. The first-order valence-electron chi connectivity index (χ1n) is 9.13. The lowest BCUT2D eigenvalue weighted by Crippen LogP contribution is -2.43. The first kappa shape index (κ1) is 19.0. The summed E-state index contributed by atoms with van der Waals surface area (Å²) in [7, 11) is 0. The molecule has 3 aromatic carbocycles. The maximum Gasteiger partial charge on any atom is 0.262 e. The van der Waals surface area contributed by atoms with Gasteiger partial charge in [0.25, 0.3) is 5.91 Å². The third-order valence-electron chi connectivity index (χ3n) is 4.73. The molecule has 1 aliphatic rings. The van der Waals surface area contributed by atoms with E-state index in [1.54, 1.807) is 41.3 Å². The molecule has 7 heteroatoms. The van der Waals surface area contributed by atoms with Gasteiger partial charge in [0.2, 0.25) is 0 Å². The number of nitrogens with one attached hydrogen (secondary N) is 1. The highest BCUT2D eigenvalue weighted by Gasteiger charge is 2.34. The van der Waals surface area contributed by atoms with E-state index in [1.807, 2.05) is 19.1 Å². The number of carbonyl (C=O) groups excluding carboxylic acids is 1. The largest absolute Gasteiger partial charge is 0.504 e. The Bertz CT molecular complexity index is 1050. The first-order valence-corrected chi connectivity index (χ1v) is 9.50. The van der Waals surface area contributed by atoms with Gasteiger partial charge in [-0.15, -0.1) is 0 Å². The second kappa shape index (κ2) is 7.56. The zero-order valence-corrected chi connectivity index (χ0v) is 16.3. The van der Waals surface area contributed by atoms with Crippen LogP contribution in [0.1, 0.15) is 29.0 Å². The first-order chi connectivity index (χ1) is 14.0. The van der Waals surface area contributed by atoms with E-state index in [-0.39, 0.29) is 16.7 Å². The van der Waals surface area contributed by atoms with E-state index in [9.17, 15) is 15.0 Å². The molecule has 1 heterocycles. The minimum absolute atomic E-state index is 0.000230. The van der Waals surface area contributed by atoms with Gasteiger partial charge in [0, 0.05) is 16.9 Å². The van der Waals surface area contributed by atoms with Crippen LogP contribution in [0.15, 0.2) is 60.7 Å². The van der Waals surface area contributed by atoms with Crippen molar-refractivity contribution in [3.05, 3.63) is 76.8 Å². The molecule has 6 nitrogen and oxygen atoms in total. The summed E-state index contributed by atoms with van der Waals surface area (Å²) in [5, 5.41) is 23.2. The quantitative estimate of drug-likeness (QED) is 0.532. The number of benzene rings is 3. The topological polar surface area (TPSA) is 82.0 Å². The summed E-state index contributed by atoms with van der Waals surface area (Å²) in [6.07, 6.45) is -0.639. The standard InChI is InChI=1S/C22H19ClN2O4/c1-2-29-15-9-7-14(8-10-15)25-21(13-11-17(23)20(27)19(26)12-13)24-18-6-4-3-5-16(18)22(25)28/h3-12,21,24,26-27H,2H2,1H3/t21-/m1/s1. The van der Waals surface area contributed by atoms with Crippen molar-refractivity contribution in [2.45, 2.75) is 13.1 Å². The monoisotopic (exact) mass is 410 g/mol. The van der Waals surface area contributed by atoms with E-state index < -0.39 is 11.9 Å². The number of nitrogens with zero attached hydrogens (tertiary/aromatic N) is 1. The molecule has 29 heavy (non-hydrogen) atoms. The minimum atomic E-state index is -0.639. The molecule has 148 valence electrons. The molecular formula is C22H19ClN2O4. The average molecular weight is 411 g/mol. The van der Waals surface area contributed by atoms with Gasteiger partial charge in [0.1, 0.15) is 11.9 Å². The second-order valence-electron chi connectivity index (χ2n) is 6.56. The van der Waals surface area contributed by atoms with Gasteiger partial charge in [-0.25, -0.2) is 0 Å². The van der Waals surface area contributed by atoms with Crippen LogP contribution < -0.4 is 15.0 Å². The van der Waals surface area contributed by atoms with Gasteiger partial charge in [-0.05, 0) is 55.5 Å². The Morgan fingerprint density at radius 2 is 1.83 bits per heavy atom. The normalized spacial score (nSPS) is 15.6. The molecular weight excluding hydrogens is 392 g/mol. The fourth-order valence-corrected chi connectivity index (χ4v) is 3.61. The number of rotatable bonds is 4. The number of hydrogen-bond donors (Lipinski definition) is 3. The maximum absolute atomic E-state index is 13.4. The molecule has 0 aliphatic carbocycles. The van der Waals surface area contributed by atoms with Gasteiger partial charge >= 0.3 is 0 Å². The third-order valence-corrected chi connectivity index (χ3v) is 5.02. The molecule has 0 saturated carbocycles. The Hall–Kier alpha value is -3.38. The van der Waals surface area contributed by atoms with E-state index in [1.165, 1.54) is 12.1 Å². The van der Waals surface area contributed by atoms with E-state index in [2.05, 4.69) is 5.32 Å². The van der Waals surface area contributed by atoms with E-state index in [0.29, 0.717) is 34.9 Å². The van der Waals surface area contributed by atoms with Crippen LogP contribution in [0.25, 0.3) is 0 Å². The highest BCUT2D eigenvalue weighted by Crippen LogP contribution is 2.41. The lowest BCUT2D eigenvalue weighted by atomic mass is 10.0. The Labute approximate surface area is 172 Å². The number of anilines is 2. The molecule has 0 radical (unpaired) electrons. The number of fused-ring (bicyclic) bond motifs is 1. The number of aromatic hydroxyl groups is 2. The van der Waals surface area contributed by atoms with Crippen molar-refractivity contribution in [1.82, 2.24) is 0 Å². The number of hydrogen-bond acceptors (Lipinski definition) is 5. The summed E-state index contributed by atoms with van der Waals surface area (Å²) >= 11 is 6.07. The van der Waals surface area contributed by atoms with E-state index in [4.69, 9.17) is 16.3 Å². The summed E-state index contributed by atoms with van der Waals surface area (Å²) in [6.45, 7) is 2.45. The van der Waals surface area contributed by atoms with Crippen molar-refractivity contribution < 1.29 is 19.7 Å². The second-order valence-corrected chi connectivity index (χ2v) is 6.97. The van der Waals surface area contributed by atoms with Crippen molar-refractivity contribution in [2.24, 2.45) is 0 Å². The molecule has 0 bridgehead atoms. The van der Waals surface area contributed by atoms with E-state index >= 15 is 0 Å². The molecule has 0 unspecified atom stereocenters. The summed E-state index contributed by atoms with van der Waals surface area (Å²) in [5.41, 5.74) is 2.39. The number of ether oxygens (including phenoxy) is 1. The average Bonchev–Trinajstić information content (AvgIpc) is 2.72. The number of phenolic OH excluding ortho intramolecular Hbond substituents is 2. The number of para-hydroxylation sites is 1. The smallest absolute Gasteiger partial charge is 0.262 e. The molecule has 0 spiro atoms. The highest BCUT2D eigenvalue weighted by molar-refractivity contribution is 6.32. The lowest BCUT2D eigenvalue weighted by molar-refractivity contribution is 0.0975. The van der Waals surface area contributed by atoms with Crippen molar-refractivity contribution in [3.63, 3.8) is 0 Å². The molecule has 3 aromatic rings. The van der Waals surface area contributed by atoms with Crippen molar-refractivity contribution in [3.8, 4) is 17.2 Å². The van der Waals surface area contributed by atoms with Crippen LogP contribution in [0, 0.1) is 0 Å². The number of amides is 1. The van der Waals surface area contributed by atoms with Crippen LogP contribution in [-0.4, -0.2) is 22.7 Å². The summed E-state index contributed by atoms with van der Waals surface area (Å²) in [6, 6.07) is 17.3. The molecule has 1 aliphatic heterocycles. The van der Waals surface area contributed by atoms with Crippen molar-refractivity contribution >= 4 is 28.9 Å². The van der Waals surface area contributed by atoms with Crippen LogP contribution in [0.3, 0.4) is 0 Å². The molecule has 3 N–H and O–H groups in total. The fraction of sp³-hybridized carbons (Fsp3) is 0.136. The predicted octanol–water partition coefficient (Wildman–Crippen LogP) is 4.92. The van der Waals surface area contributed by atoms with Gasteiger partial charge in [-0.3, -0.25) is 9.69 Å². The van der Waals surface area contributed by atoms with Gasteiger partial charge < -0.3 is 20.3 Å². The molecule has 4 rings (SSSR count). The summed E-state index contributed by atoms with van der Waals surface area (Å²) < 4.78 is 5.49. The molecule has 1 amide bonds. The van der Waals surface area contributed by atoms with Crippen LogP contribution in [-0.2, 0) is 0 Å². The lowest BCUT2D eigenvalue weighted by Gasteiger charge is -2.38. The predicted molar refractivity (Wildman–Crippen MR) is 112 cm³/mol. The Morgan fingerprint density at radius 3 is 2.52 bits per heavy atom. The number of carbonyl (C=O) groups is 1. The zero-order valence-electron chi connectivity index (χ0n) is 15.6. The molecule has 0 saturated heterocycles. The summed E-state index contributed by atoms with van der Waals surface area (Å²) in [4.78, 5) is 14.9.